The number of halogens is 1. The van der Waals surface area contributed by atoms with Crippen LogP contribution in [0.3, 0.4) is 0 Å². The summed E-state index contributed by atoms with van der Waals surface area (Å²) in [5.41, 5.74) is 7.79. The molecule has 0 spiro atoms. The fourth-order valence-corrected chi connectivity index (χ4v) is 5.29. The number of hydrogen-bond acceptors (Lipinski definition) is 7. The number of amides is 1. The number of imidazole rings is 1. The van der Waals surface area contributed by atoms with Gasteiger partial charge in [0.1, 0.15) is 11.3 Å². The number of para-hydroxylation sites is 1. The number of fused-ring (bicyclic) bond motifs is 1. The van der Waals surface area contributed by atoms with Crippen LogP contribution in [0, 0.1) is 5.82 Å². The fraction of sp³-hybridized carbons (Fsp3) is 0.520. The smallest absolute Gasteiger partial charge is 0.224 e. The van der Waals surface area contributed by atoms with Crippen LogP contribution in [0.2, 0.25) is 0 Å². The second-order valence-electron chi connectivity index (χ2n) is 9.77. The minimum Gasteiger partial charge on any atom is -0.354 e. The summed E-state index contributed by atoms with van der Waals surface area (Å²) in [7, 11) is 0. The fourth-order valence-electron chi connectivity index (χ4n) is 5.29. The maximum atomic E-state index is 14.4. The van der Waals surface area contributed by atoms with Crippen molar-refractivity contribution in [1.82, 2.24) is 24.8 Å². The number of hydrogen-bond donors (Lipinski definition) is 4. The quantitative estimate of drug-likeness (QED) is 0.420. The molecule has 10 heteroatoms. The van der Waals surface area contributed by atoms with Crippen LogP contribution in [0.1, 0.15) is 64.3 Å². The minimum atomic E-state index is -0.343. The van der Waals surface area contributed by atoms with Gasteiger partial charge in [-0.15, -0.1) is 0 Å². The summed E-state index contributed by atoms with van der Waals surface area (Å²) in [6.45, 7) is 1.55. The number of nitrogens with two attached hydrogens (primary N) is 1. The van der Waals surface area contributed by atoms with Gasteiger partial charge in [-0.2, -0.15) is 4.98 Å². The van der Waals surface area contributed by atoms with E-state index in [-0.39, 0.29) is 29.8 Å². The molecule has 0 radical (unpaired) electrons. The van der Waals surface area contributed by atoms with Crippen LogP contribution in [0.4, 0.5) is 22.0 Å². The molecule has 0 saturated heterocycles. The number of nitrogens with one attached hydrogen (secondary N) is 3. The van der Waals surface area contributed by atoms with Crippen molar-refractivity contribution in [3.63, 3.8) is 0 Å². The average molecular weight is 481 g/mol. The van der Waals surface area contributed by atoms with Crippen molar-refractivity contribution in [2.24, 2.45) is 5.73 Å². The Kier molecular flexibility index (Phi) is 6.81. The predicted octanol–water partition coefficient (Wildman–Crippen LogP) is 4.01. The van der Waals surface area contributed by atoms with E-state index in [1.165, 1.54) is 6.07 Å². The third-order valence-electron chi connectivity index (χ3n) is 7.13. The van der Waals surface area contributed by atoms with E-state index in [0.29, 0.717) is 29.1 Å². The highest BCUT2D eigenvalue weighted by atomic mass is 19.1. The summed E-state index contributed by atoms with van der Waals surface area (Å²) in [6.07, 6.45) is 9.14. The van der Waals surface area contributed by atoms with E-state index in [2.05, 4.69) is 25.5 Å². The monoisotopic (exact) mass is 480 g/mol. The van der Waals surface area contributed by atoms with Gasteiger partial charge in [0.15, 0.2) is 5.65 Å². The number of rotatable bonds is 6. The Morgan fingerprint density at radius 1 is 1.03 bits per heavy atom. The van der Waals surface area contributed by atoms with Crippen molar-refractivity contribution in [2.75, 3.05) is 10.6 Å². The molecule has 3 aromatic rings. The molecule has 2 aliphatic carbocycles. The molecule has 2 aliphatic rings. The van der Waals surface area contributed by atoms with Crippen LogP contribution >= 0.6 is 0 Å². The third kappa shape index (κ3) is 5.37. The highest BCUT2D eigenvalue weighted by Gasteiger charge is 2.28. The standard InChI is InChI=1S/C25H33FN8O/c1-15(35)29-17-10-12-19(13-11-17)34-23-22(32-25(34)31-21-5-3-2-4-20(21)26)14-28-24(33-23)30-18-8-6-16(27)7-9-18/h2-5,14,16-19H,6-13,27H2,1H3,(H,29,35)(H,31,32)(H,28,30,33). The van der Waals surface area contributed by atoms with Crippen LogP contribution < -0.4 is 21.7 Å². The Hall–Kier alpha value is -3.27. The molecule has 0 atom stereocenters. The molecule has 5 rings (SSSR count). The van der Waals surface area contributed by atoms with Gasteiger partial charge in [-0.3, -0.25) is 9.36 Å². The molecule has 186 valence electrons. The first-order valence-electron chi connectivity index (χ1n) is 12.5. The maximum Gasteiger partial charge on any atom is 0.224 e. The van der Waals surface area contributed by atoms with Crippen molar-refractivity contribution in [3.05, 3.63) is 36.3 Å². The molecular formula is C25H33FN8O. The van der Waals surface area contributed by atoms with Gasteiger partial charge < -0.3 is 21.7 Å². The predicted molar refractivity (Wildman–Crippen MR) is 134 cm³/mol. The summed E-state index contributed by atoms with van der Waals surface area (Å²) < 4.78 is 16.5. The van der Waals surface area contributed by atoms with E-state index < -0.39 is 0 Å². The minimum absolute atomic E-state index is 0.00411. The van der Waals surface area contributed by atoms with Gasteiger partial charge in [0.25, 0.3) is 0 Å². The van der Waals surface area contributed by atoms with Crippen molar-refractivity contribution in [3.8, 4) is 0 Å². The van der Waals surface area contributed by atoms with Gasteiger partial charge in [0.05, 0.1) is 11.9 Å². The van der Waals surface area contributed by atoms with Crippen LogP contribution in [0.5, 0.6) is 0 Å². The largest absolute Gasteiger partial charge is 0.354 e. The van der Waals surface area contributed by atoms with E-state index in [1.54, 1.807) is 31.3 Å². The van der Waals surface area contributed by atoms with Crippen LogP contribution in [-0.2, 0) is 4.79 Å². The zero-order valence-corrected chi connectivity index (χ0v) is 20.0. The first-order valence-corrected chi connectivity index (χ1v) is 12.5. The van der Waals surface area contributed by atoms with Gasteiger partial charge in [-0.1, -0.05) is 12.1 Å². The molecule has 9 nitrogen and oxygen atoms in total. The summed E-state index contributed by atoms with van der Waals surface area (Å²) in [5.74, 6) is 0.770. The van der Waals surface area contributed by atoms with Crippen molar-refractivity contribution in [2.45, 2.75) is 82.5 Å². The van der Waals surface area contributed by atoms with Gasteiger partial charge in [0.2, 0.25) is 17.8 Å². The van der Waals surface area contributed by atoms with Crippen LogP contribution in [-0.4, -0.2) is 43.6 Å². The Balaban J connectivity index is 1.45. The van der Waals surface area contributed by atoms with Gasteiger partial charge in [0, 0.05) is 31.1 Å². The van der Waals surface area contributed by atoms with Crippen LogP contribution in [0.25, 0.3) is 11.2 Å². The number of nitrogens with zero attached hydrogens (tertiary/aromatic N) is 4. The lowest BCUT2D eigenvalue weighted by molar-refractivity contribution is -0.119. The second kappa shape index (κ2) is 10.2. The Morgan fingerprint density at radius 2 is 1.74 bits per heavy atom. The first kappa shape index (κ1) is 23.5. The molecule has 2 fully saturated rings. The summed E-state index contributed by atoms with van der Waals surface area (Å²) >= 11 is 0. The molecule has 1 amide bonds. The topological polar surface area (TPSA) is 123 Å². The van der Waals surface area contributed by atoms with Gasteiger partial charge >= 0.3 is 0 Å². The zero-order valence-electron chi connectivity index (χ0n) is 20.0. The molecular weight excluding hydrogens is 447 g/mol. The average Bonchev–Trinajstić information content (AvgIpc) is 3.19. The van der Waals surface area contributed by atoms with E-state index in [4.69, 9.17) is 15.7 Å². The highest BCUT2D eigenvalue weighted by molar-refractivity contribution is 5.77. The van der Waals surface area contributed by atoms with E-state index in [9.17, 15) is 9.18 Å². The lowest BCUT2D eigenvalue weighted by Crippen LogP contribution is -2.36. The lowest BCUT2D eigenvalue weighted by atomic mass is 9.91. The second-order valence-corrected chi connectivity index (χ2v) is 9.77. The molecule has 0 aliphatic heterocycles. The van der Waals surface area contributed by atoms with E-state index >= 15 is 0 Å². The molecule has 2 heterocycles. The van der Waals surface area contributed by atoms with Gasteiger partial charge in [-0.05, 0) is 63.5 Å². The summed E-state index contributed by atoms with van der Waals surface area (Å²) in [5, 5.41) is 9.69. The summed E-state index contributed by atoms with van der Waals surface area (Å²) in [6, 6.07) is 7.43. The Labute approximate surface area is 204 Å². The number of aromatic nitrogens is 4. The van der Waals surface area contributed by atoms with E-state index in [0.717, 1.165) is 57.0 Å². The molecule has 2 aromatic heterocycles. The number of carbonyl (C=O) groups is 1. The lowest BCUT2D eigenvalue weighted by Gasteiger charge is -2.31. The van der Waals surface area contributed by atoms with Gasteiger partial charge in [-0.25, -0.2) is 14.4 Å². The normalized spacial score (nSPS) is 24.8. The zero-order chi connectivity index (χ0) is 24.4. The van der Waals surface area contributed by atoms with Crippen molar-refractivity contribution >= 4 is 34.7 Å². The van der Waals surface area contributed by atoms with Crippen LogP contribution in [0.15, 0.2) is 30.5 Å². The SMILES string of the molecule is CC(=O)NC1CCC(n2c(Nc3ccccc3F)nc3cnc(NC4CCC(N)CC4)nc32)CC1. The number of benzene rings is 1. The molecule has 0 unspecified atom stereocenters. The third-order valence-corrected chi connectivity index (χ3v) is 7.13. The Morgan fingerprint density at radius 3 is 2.46 bits per heavy atom. The molecule has 1 aromatic carbocycles. The molecule has 2 saturated carbocycles. The van der Waals surface area contributed by atoms with E-state index in [1.807, 2.05) is 0 Å². The molecule has 5 N–H and O–H groups in total. The maximum absolute atomic E-state index is 14.4. The number of anilines is 3. The number of carbonyl (C=O) groups excluding carboxylic acids is 1. The molecule has 35 heavy (non-hydrogen) atoms. The first-order chi connectivity index (χ1) is 17.0. The highest BCUT2D eigenvalue weighted by Crippen LogP contribution is 2.35. The van der Waals surface area contributed by atoms with Crippen molar-refractivity contribution in [1.29, 1.82) is 0 Å². The molecule has 0 bridgehead atoms. The summed E-state index contributed by atoms with van der Waals surface area (Å²) in [4.78, 5) is 25.6. The van der Waals surface area contributed by atoms with Crippen molar-refractivity contribution < 1.29 is 9.18 Å². The Bertz CT molecular complexity index is 1180.